The van der Waals surface area contributed by atoms with Gasteiger partial charge >= 0.3 is 6.09 Å². The molecule has 0 spiro atoms. The molecule has 5 atom stereocenters. The van der Waals surface area contributed by atoms with Gasteiger partial charge in [-0.05, 0) is 48.8 Å². The molecule has 2 aromatic carbocycles. The SMILES string of the molecule is CCCCCC(=O)N[C@@](C)(C(=O)NC(C(=O)N[C@H](CN)C(C)C)C(C)C)C(CO)CNC(=O)[C@H](C)NC(=O)OCc1ccccc1-c1ccccc1. The summed E-state index contributed by atoms with van der Waals surface area (Å²) < 4.78 is 5.44. The zero-order valence-corrected chi connectivity index (χ0v) is 31.8. The largest absolute Gasteiger partial charge is 0.445 e. The third-order valence-electron chi connectivity index (χ3n) is 9.25. The van der Waals surface area contributed by atoms with Gasteiger partial charge in [-0.2, -0.15) is 0 Å². The fraction of sp³-hybridized carbons (Fsp3) is 0.564. The molecule has 0 radical (unpaired) electrons. The highest BCUT2D eigenvalue weighted by Crippen LogP contribution is 2.24. The first-order valence-corrected chi connectivity index (χ1v) is 18.3. The average molecular weight is 725 g/mol. The van der Waals surface area contributed by atoms with E-state index < -0.39 is 59.9 Å². The number of aliphatic hydroxyl groups is 1. The maximum absolute atomic E-state index is 14.0. The smallest absolute Gasteiger partial charge is 0.408 e. The van der Waals surface area contributed by atoms with Crippen LogP contribution in [-0.4, -0.2) is 78.2 Å². The summed E-state index contributed by atoms with van der Waals surface area (Å²) in [4.78, 5) is 66.3. The summed E-state index contributed by atoms with van der Waals surface area (Å²) in [5, 5.41) is 24.2. The Hall–Kier alpha value is -4.49. The lowest BCUT2D eigenvalue weighted by atomic mass is 9.83. The van der Waals surface area contributed by atoms with Crippen LogP contribution in [0.1, 0.15) is 79.7 Å². The third kappa shape index (κ3) is 13.2. The highest BCUT2D eigenvalue weighted by atomic mass is 16.5. The number of rotatable bonds is 21. The van der Waals surface area contributed by atoms with E-state index in [1.807, 2.05) is 75.4 Å². The first-order chi connectivity index (χ1) is 24.7. The molecule has 0 aromatic heterocycles. The van der Waals surface area contributed by atoms with Crippen molar-refractivity contribution in [3.63, 3.8) is 0 Å². The number of benzene rings is 2. The maximum Gasteiger partial charge on any atom is 0.408 e. The lowest BCUT2D eigenvalue weighted by Crippen LogP contribution is -2.67. The Morgan fingerprint density at radius 3 is 2.10 bits per heavy atom. The molecule has 5 amide bonds. The van der Waals surface area contributed by atoms with Gasteiger partial charge in [0.25, 0.3) is 0 Å². The normalized spacial score (nSPS) is 14.7. The summed E-state index contributed by atoms with van der Waals surface area (Å²) in [6.07, 6.45) is 1.66. The summed E-state index contributed by atoms with van der Waals surface area (Å²) in [5.74, 6) is -3.41. The van der Waals surface area contributed by atoms with Gasteiger partial charge in [0.15, 0.2) is 0 Å². The van der Waals surface area contributed by atoms with E-state index in [0.717, 1.165) is 29.5 Å². The quantitative estimate of drug-likeness (QED) is 0.0950. The number of unbranched alkanes of at least 4 members (excludes halogenated alkanes) is 2. The molecular weight excluding hydrogens is 664 g/mol. The predicted octanol–water partition coefficient (Wildman–Crippen LogP) is 3.39. The molecule has 0 bridgehead atoms. The summed E-state index contributed by atoms with van der Waals surface area (Å²) in [5.41, 5.74) is 6.80. The zero-order valence-electron chi connectivity index (χ0n) is 31.8. The van der Waals surface area contributed by atoms with E-state index in [0.29, 0.717) is 6.42 Å². The summed E-state index contributed by atoms with van der Waals surface area (Å²) in [6, 6.07) is 14.9. The van der Waals surface area contributed by atoms with Gasteiger partial charge in [0, 0.05) is 31.5 Å². The van der Waals surface area contributed by atoms with Gasteiger partial charge in [0.1, 0.15) is 24.2 Å². The standard InChI is InChI=1S/C39H60N6O7/c1-8-9-11-20-33(47)45-39(7,37(50)44-34(26(4)5)36(49)43-32(21-40)25(2)3)30(23-46)22-41-35(48)27(6)42-38(51)52-24-29-18-14-15-19-31(29)28-16-12-10-13-17-28/h10,12-19,25-27,30,32,34,46H,8-9,11,20-24,40H2,1-7H3,(H,41,48)(H,42,51)(H,43,49)(H,44,50)(H,45,47)/t27-,30?,32+,34?,39+/m0/s1. The van der Waals surface area contributed by atoms with Gasteiger partial charge in [-0.1, -0.05) is 102 Å². The number of carbonyl (C=O) groups excluding carboxylic acids is 5. The number of nitrogens with two attached hydrogens (primary N) is 1. The van der Waals surface area contributed by atoms with E-state index in [2.05, 4.69) is 26.6 Å². The van der Waals surface area contributed by atoms with Crippen LogP contribution in [0.5, 0.6) is 0 Å². The number of ether oxygens (including phenoxy) is 1. The van der Waals surface area contributed by atoms with Crippen LogP contribution in [0, 0.1) is 17.8 Å². The van der Waals surface area contributed by atoms with Gasteiger partial charge < -0.3 is 42.2 Å². The highest BCUT2D eigenvalue weighted by Gasteiger charge is 2.44. The molecule has 0 aliphatic carbocycles. The molecule has 2 aromatic rings. The molecule has 0 aliphatic heterocycles. The van der Waals surface area contributed by atoms with Crippen LogP contribution in [0.25, 0.3) is 11.1 Å². The molecule has 0 heterocycles. The van der Waals surface area contributed by atoms with E-state index in [1.54, 1.807) is 13.8 Å². The first-order valence-electron chi connectivity index (χ1n) is 18.3. The number of alkyl carbamates (subject to hydrolysis) is 1. The second-order valence-electron chi connectivity index (χ2n) is 14.1. The van der Waals surface area contributed by atoms with Crippen LogP contribution < -0.4 is 32.3 Å². The van der Waals surface area contributed by atoms with Crippen molar-refractivity contribution in [2.75, 3.05) is 19.7 Å². The van der Waals surface area contributed by atoms with E-state index in [4.69, 9.17) is 10.5 Å². The Morgan fingerprint density at radius 1 is 0.846 bits per heavy atom. The number of carbonyl (C=O) groups is 5. The minimum atomic E-state index is -1.73. The van der Waals surface area contributed by atoms with Crippen LogP contribution in [0.15, 0.2) is 54.6 Å². The molecule has 0 saturated heterocycles. The molecular formula is C39H60N6O7. The summed E-state index contributed by atoms with van der Waals surface area (Å²) in [6.45, 7) is 11.7. The van der Waals surface area contributed by atoms with Crippen molar-refractivity contribution >= 4 is 29.7 Å². The lowest BCUT2D eigenvalue weighted by Gasteiger charge is -2.38. The molecule has 0 fully saturated rings. The minimum absolute atomic E-state index is 0.0248. The summed E-state index contributed by atoms with van der Waals surface area (Å²) in [7, 11) is 0. The fourth-order valence-corrected chi connectivity index (χ4v) is 5.63. The van der Waals surface area contributed by atoms with Crippen LogP contribution >= 0.6 is 0 Å². The Labute approximate surface area is 308 Å². The van der Waals surface area contributed by atoms with Crippen LogP contribution in [0.2, 0.25) is 0 Å². The van der Waals surface area contributed by atoms with Crippen LogP contribution in [-0.2, 0) is 30.5 Å². The predicted molar refractivity (Wildman–Crippen MR) is 202 cm³/mol. The van der Waals surface area contributed by atoms with Gasteiger partial charge in [-0.15, -0.1) is 0 Å². The van der Waals surface area contributed by atoms with Crippen molar-refractivity contribution in [3.05, 3.63) is 60.2 Å². The fourth-order valence-electron chi connectivity index (χ4n) is 5.63. The zero-order chi connectivity index (χ0) is 38.8. The Kier molecular flexibility index (Phi) is 18.3. The molecule has 0 saturated carbocycles. The molecule has 13 heteroatoms. The number of hydrogen-bond acceptors (Lipinski definition) is 8. The van der Waals surface area contributed by atoms with E-state index in [1.165, 1.54) is 13.8 Å². The Morgan fingerprint density at radius 2 is 1.50 bits per heavy atom. The highest BCUT2D eigenvalue weighted by molar-refractivity contribution is 5.95. The second-order valence-corrected chi connectivity index (χ2v) is 14.1. The van der Waals surface area contributed by atoms with Crippen molar-refractivity contribution < 1.29 is 33.8 Å². The maximum atomic E-state index is 14.0. The van der Waals surface area contributed by atoms with E-state index in [9.17, 15) is 29.1 Å². The lowest BCUT2D eigenvalue weighted by molar-refractivity contribution is -0.139. The minimum Gasteiger partial charge on any atom is -0.445 e. The average Bonchev–Trinajstić information content (AvgIpc) is 3.12. The van der Waals surface area contributed by atoms with Crippen LogP contribution in [0.4, 0.5) is 4.79 Å². The van der Waals surface area contributed by atoms with Crippen molar-refractivity contribution in [1.29, 1.82) is 0 Å². The Bertz CT molecular complexity index is 1450. The van der Waals surface area contributed by atoms with Gasteiger partial charge in [0.05, 0.1) is 6.61 Å². The van der Waals surface area contributed by atoms with E-state index >= 15 is 0 Å². The van der Waals surface area contributed by atoms with Crippen LogP contribution in [0.3, 0.4) is 0 Å². The van der Waals surface area contributed by atoms with Crippen molar-refractivity contribution in [2.24, 2.45) is 23.5 Å². The van der Waals surface area contributed by atoms with Crippen molar-refractivity contribution in [3.8, 4) is 11.1 Å². The summed E-state index contributed by atoms with van der Waals surface area (Å²) >= 11 is 0. The third-order valence-corrected chi connectivity index (χ3v) is 9.25. The topological polar surface area (TPSA) is 201 Å². The number of amides is 5. The van der Waals surface area contributed by atoms with Gasteiger partial charge in [-0.3, -0.25) is 19.2 Å². The van der Waals surface area contributed by atoms with Crippen molar-refractivity contribution in [1.82, 2.24) is 26.6 Å². The number of aliphatic hydroxyl groups excluding tert-OH is 1. The molecule has 52 heavy (non-hydrogen) atoms. The number of hydrogen-bond donors (Lipinski definition) is 7. The van der Waals surface area contributed by atoms with Crippen molar-refractivity contribution in [2.45, 2.75) is 104 Å². The van der Waals surface area contributed by atoms with Gasteiger partial charge in [-0.25, -0.2) is 4.79 Å². The molecule has 8 N–H and O–H groups in total. The molecule has 0 aliphatic rings. The molecule has 13 nitrogen and oxygen atoms in total. The molecule has 2 unspecified atom stereocenters. The second kappa shape index (κ2) is 21.8. The Balaban J connectivity index is 2.15. The number of nitrogens with one attached hydrogen (secondary N) is 5. The first kappa shape index (κ1) is 43.7. The molecule has 288 valence electrons. The monoisotopic (exact) mass is 724 g/mol. The van der Waals surface area contributed by atoms with E-state index in [-0.39, 0.29) is 44.0 Å². The van der Waals surface area contributed by atoms with Gasteiger partial charge in [0.2, 0.25) is 23.6 Å². The molecule has 2 rings (SSSR count).